The van der Waals surface area contributed by atoms with Gasteiger partial charge in [0.1, 0.15) is 12.4 Å². The van der Waals surface area contributed by atoms with Crippen LogP contribution in [0.3, 0.4) is 0 Å². The van der Waals surface area contributed by atoms with Gasteiger partial charge in [0, 0.05) is 23.2 Å². The van der Waals surface area contributed by atoms with E-state index in [2.05, 4.69) is 23.5 Å². The van der Waals surface area contributed by atoms with Gasteiger partial charge in [0.2, 0.25) is 0 Å². The lowest BCUT2D eigenvalue weighted by molar-refractivity contribution is 0.301. The maximum absolute atomic E-state index is 6.04. The number of halogens is 2. The van der Waals surface area contributed by atoms with Gasteiger partial charge in [-0.25, -0.2) is 0 Å². The minimum absolute atomic E-state index is 0. The molecule has 0 aliphatic heterocycles. The van der Waals surface area contributed by atoms with Gasteiger partial charge in [0.15, 0.2) is 0 Å². The fraction of sp³-hybridized carbons (Fsp3) is 0.429. The minimum atomic E-state index is 0. The lowest BCUT2D eigenvalue weighted by atomic mass is 10.1. The molecule has 0 heterocycles. The number of benzene rings is 2. The molecule has 1 aliphatic carbocycles. The summed E-state index contributed by atoms with van der Waals surface area (Å²) in [6.07, 6.45) is 8.08. The van der Waals surface area contributed by atoms with E-state index in [0.717, 1.165) is 22.9 Å². The predicted octanol–water partition coefficient (Wildman–Crippen LogP) is 6.15. The molecule has 0 saturated heterocycles. The smallest absolute Gasteiger partial charge is 0.124 e. The first-order valence-electron chi connectivity index (χ1n) is 9.00. The highest BCUT2D eigenvalue weighted by Gasteiger charge is 2.12. The molecular weight excluding hydrogens is 353 g/mol. The molecule has 4 heteroatoms. The zero-order chi connectivity index (χ0) is 16.6. The SMILES string of the molecule is Cl.Clc1ccc(COc2ccccc2CNC2CCCCCC2)cc1. The molecule has 0 unspecified atom stereocenters. The molecule has 0 aromatic heterocycles. The van der Waals surface area contributed by atoms with Crippen molar-refractivity contribution in [3.8, 4) is 5.75 Å². The van der Waals surface area contributed by atoms with Gasteiger partial charge in [-0.1, -0.05) is 67.6 Å². The number of ether oxygens (including phenoxy) is 1. The van der Waals surface area contributed by atoms with E-state index in [1.54, 1.807) is 0 Å². The maximum Gasteiger partial charge on any atom is 0.124 e. The maximum atomic E-state index is 6.04. The van der Waals surface area contributed by atoms with Gasteiger partial charge in [0.05, 0.1) is 0 Å². The second-order valence-electron chi connectivity index (χ2n) is 6.59. The largest absolute Gasteiger partial charge is 0.489 e. The van der Waals surface area contributed by atoms with E-state index < -0.39 is 0 Å². The van der Waals surface area contributed by atoms with Crippen LogP contribution in [-0.4, -0.2) is 6.04 Å². The third-order valence-corrected chi connectivity index (χ3v) is 4.97. The molecule has 3 rings (SSSR count). The molecule has 136 valence electrons. The van der Waals surface area contributed by atoms with Crippen molar-refractivity contribution in [2.45, 2.75) is 57.7 Å². The van der Waals surface area contributed by atoms with Crippen molar-refractivity contribution in [2.24, 2.45) is 0 Å². The zero-order valence-electron chi connectivity index (χ0n) is 14.5. The van der Waals surface area contributed by atoms with Crippen molar-refractivity contribution in [2.75, 3.05) is 0 Å². The molecule has 2 nitrogen and oxygen atoms in total. The summed E-state index contributed by atoms with van der Waals surface area (Å²) in [5.74, 6) is 0.966. The van der Waals surface area contributed by atoms with E-state index in [0.29, 0.717) is 12.6 Å². The summed E-state index contributed by atoms with van der Waals surface area (Å²) in [6.45, 7) is 1.44. The van der Waals surface area contributed by atoms with Crippen molar-refractivity contribution in [3.63, 3.8) is 0 Å². The van der Waals surface area contributed by atoms with Crippen molar-refractivity contribution in [3.05, 3.63) is 64.7 Å². The molecule has 2 aromatic carbocycles. The first-order chi connectivity index (χ1) is 11.8. The highest BCUT2D eigenvalue weighted by Crippen LogP contribution is 2.22. The molecular formula is C21H27Cl2NO. The summed E-state index contributed by atoms with van der Waals surface area (Å²) in [5, 5.41) is 4.48. The van der Waals surface area contributed by atoms with Crippen LogP contribution in [0.5, 0.6) is 5.75 Å². The van der Waals surface area contributed by atoms with Crippen LogP contribution in [0.2, 0.25) is 5.02 Å². The van der Waals surface area contributed by atoms with Crippen molar-refractivity contribution in [1.29, 1.82) is 0 Å². The van der Waals surface area contributed by atoms with Gasteiger partial charge >= 0.3 is 0 Å². The molecule has 0 spiro atoms. The Morgan fingerprint density at radius 3 is 2.32 bits per heavy atom. The summed E-state index contributed by atoms with van der Waals surface area (Å²) < 4.78 is 6.04. The molecule has 1 saturated carbocycles. The summed E-state index contributed by atoms with van der Waals surface area (Å²) in [6, 6.07) is 16.8. The van der Waals surface area contributed by atoms with E-state index >= 15 is 0 Å². The fourth-order valence-corrected chi connectivity index (χ4v) is 3.40. The fourth-order valence-electron chi connectivity index (χ4n) is 3.27. The van der Waals surface area contributed by atoms with Gasteiger partial charge in [-0.15, -0.1) is 12.4 Å². The summed E-state index contributed by atoms with van der Waals surface area (Å²) in [5.41, 5.74) is 2.36. The lowest BCUT2D eigenvalue weighted by Gasteiger charge is -2.18. The normalized spacial score (nSPS) is 15.2. The number of hydrogen-bond donors (Lipinski definition) is 1. The van der Waals surface area contributed by atoms with E-state index in [4.69, 9.17) is 16.3 Å². The van der Waals surface area contributed by atoms with E-state index in [-0.39, 0.29) is 12.4 Å². The van der Waals surface area contributed by atoms with E-state index in [1.165, 1.54) is 44.1 Å². The first kappa shape index (κ1) is 20.1. The molecule has 0 bridgehead atoms. The summed E-state index contributed by atoms with van der Waals surface area (Å²) in [4.78, 5) is 0. The van der Waals surface area contributed by atoms with Crippen molar-refractivity contribution < 1.29 is 4.74 Å². The molecule has 25 heavy (non-hydrogen) atoms. The quantitative estimate of drug-likeness (QED) is 0.607. The van der Waals surface area contributed by atoms with Gasteiger partial charge < -0.3 is 10.1 Å². The predicted molar refractivity (Wildman–Crippen MR) is 108 cm³/mol. The highest BCUT2D eigenvalue weighted by atomic mass is 35.5. The third kappa shape index (κ3) is 6.54. The number of nitrogens with one attached hydrogen (secondary N) is 1. The van der Waals surface area contributed by atoms with Gasteiger partial charge in [-0.05, 0) is 36.6 Å². The van der Waals surface area contributed by atoms with Gasteiger partial charge in [0.25, 0.3) is 0 Å². The Morgan fingerprint density at radius 1 is 0.920 bits per heavy atom. The highest BCUT2D eigenvalue weighted by molar-refractivity contribution is 6.30. The second-order valence-corrected chi connectivity index (χ2v) is 7.03. The molecule has 0 radical (unpaired) electrons. The van der Waals surface area contributed by atoms with Gasteiger partial charge in [-0.3, -0.25) is 0 Å². The average Bonchev–Trinajstić information content (AvgIpc) is 2.89. The number of rotatable bonds is 6. The third-order valence-electron chi connectivity index (χ3n) is 4.72. The standard InChI is InChI=1S/C21H26ClNO.ClH/c22-19-13-11-17(12-14-19)16-24-21-10-6-5-7-18(21)15-23-20-8-3-1-2-4-9-20;/h5-7,10-14,20,23H,1-4,8-9,15-16H2;1H. The Kier molecular flexibility index (Phi) is 8.60. The van der Waals surface area contributed by atoms with Crippen LogP contribution < -0.4 is 10.1 Å². The topological polar surface area (TPSA) is 21.3 Å². The Morgan fingerprint density at radius 2 is 1.60 bits per heavy atom. The average molecular weight is 380 g/mol. The van der Waals surface area contributed by atoms with Crippen LogP contribution in [0.4, 0.5) is 0 Å². The second kappa shape index (κ2) is 10.7. The van der Waals surface area contributed by atoms with Gasteiger partial charge in [-0.2, -0.15) is 0 Å². The van der Waals surface area contributed by atoms with Crippen LogP contribution >= 0.6 is 24.0 Å². The Hall–Kier alpha value is -1.22. The summed E-state index contributed by atoms with van der Waals surface area (Å²) in [7, 11) is 0. The Labute approximate surface area is 162 Å². The molecule has 0 amide bonds. The molecule has 1 fully saturated rings. The minimum Gasteiger partial charge on any atom is -0.489 e. The monoisotopic (exact) mass is 379 g/mol. The van der Waals surface area contributed by atoms with Crippen molar-refractivity contribution in [1.82, 2.24) is 5.32 Å². The van der Waals surface area contributed by atoms with Crippen LogP contribution in [0.1, 0.15) is 49.7 Å². The van der Waals surface area contributed by atoms with E-state index in [1.807, 2.05) is 30.3 Å². The molecule has 0 atom stereocenters. The van der Waals surface area contributed by atoms with Crippen molar-refractivity contribution >= 4 is 24.0 Å². The molecule has 1 aliphatic rings. The van der Waals surface area contributed by atoms with Crippen LogP contribution in [-0.2, 0) is 13.2 Å². The zero-order valence-corrected chi connectivity index (χ0v) is 16.1. The Bertz CT molecular complexity index is 622. The number of para-hydroxylation sites is 1. The van der Waals surface area contributed by atoms with E-state index in [9.17, 15) is 0 Å². The van der Waals surface area contributed by atoms with Crippen LogP contribution in [0, 0.1) is 0 Å². The first-order valence-corrected chi connectivity index (χ1v) is 9.37. The number of hydrogen-bond acceptors (Lipinski definition) is 2. The van der Waals surface area contributed by atoms with Crippen LogP contribution in [0.15, 0.2) is 48.5 Å². The molecule has 1 N–H and O–H groups in total. The van der Waals surface area contributed by atoms with Crippen LogP contribution in [0.25, 0.3) is 0 Å². The molecule has 2 aromatic rings. The summed E-state index contributed by atoms with van der Waals surface area (Å²) >= 11 is 5.93. The lowest BCUT2D eigenvalue weighted by Crippen LogP contribution is -2.28. The Balaban J connectivity index is 0.00000225.